The van der Waals surface area contributed by atoms with Crippen molar-refractivity contribution in [1.29, 1.82) is 0 Å². The lowest BCUT2D eigenvalue weighted by Gasteiger charge is -2.21. The van der Waals surface area contributed by atoms with Crippen molar-refractivity contribution in [2.45, 2.75) is 47.0 Å². The van der Waals surface area contributed by atoms with Crippen molar-refractivity contribution < 1.29 is 4.79 Å². The molecule has 0 radical (unpaired) electrons. The largest absolute Gasteiger partial charge is 0.282 e. The van der Waals surface area contributed by atoms with Crippen LogP contribution in [0.3, 0.4) is 0 Å². The van der Waals surface area contributed by atoms with E-state index in [1.165, 1.54) is 29.5 Å². The highest BCUT2D eigenvalue weighted by atomic mass is 16.2. The number of amidine groups is 1. The molecule has 0 aromatic heterocycles. The Morgan fingerprint density at radius 1 is 0.875 bits per heavy atom. The SMILES string of the molecule is CCCCc1ccc(C2=N/C(=C\c3ccc(C)cc3)C(=O)N2c2ccc(C)cc2C)cc1. The number of amides is 1. The van der Waals surface area contributed by atoms with E-state index in [9.17, 15) is 4.79 Å². The van der Waals surface area contributed by atoms with Gasteiger partial charge in [0.05, 0.1) is 5.69 Å². The molecule has 0 unspecified atom stereocenters. The topological polar surface area (TPSA) is 32.7 Å². The first-order valence-electron chi connectivity index (χ1n) is 11.3. The lowest BCUT2D eigenvalue weighted by atomic mass is 10.0. The Kier molecular flexibility index (Phi) is 6.36. The number of unbranched alkanes of at least 4 members (excludes halogenated alkanes) is 1. The summed E-state index contributed by atoms with van der Waals surface area (Å²) < 4.78 is 0. The van der Waals surface area contributed by atoms with Crippen molar-refractivity contribution in [3.05, 3.63) is 106 Å². The minimum atomic E-state index is -0.0948. The molecule has 32 heavy (non-hydrogen) atoms. The van der Waals surface area contributed by atoms with Crippen molar-refractivity contribution in [3.63, 3.8) is 0 Å². The van der Waals surface area contributed by atoms with Gasteiger partial charge in [-0.3, -0.25) is 9.69 Å². The van der Waals surface area contributed by atoms with E-state index in [2.05, 4.69) is 51.1 Å². The summed E-state index contributed by atoms with van der Waals surface area (Å²) in [6.45, 7) is 8.37. The Balaban J connectivity index is 1.77. The summed E-state index contributed by atoms with van der Waals surface area (Å²) in [4.78, 5) is 20.1. The normalized spacial score (nSPS) is 14.9. The Hall–Kier alpha value is -3.46. The maximum Gasteiger partial charge on any atom is 0.282 e. The molecule has 3 aromatic carbocycles. The smallest absolute Gasteiger partial charge is 0.266 e. The van der Waals surface area contributed by atoms with Gasteiger partial charge in [0.15, 0.2) is 0 Å². The van der Waals surface area contributed by atoms with Crippen LogP contribution >= 0.6 is 0 Å². The molecule has 0 fully saturated rings. The summed E-state index contributed by atoms with van der Waals surface area (Å²) in [5.41, 5.74) is 7.99. The average Bonchev–Trinajstić information content (AvgIpc) is 3.10. The number of anilines is 1. The fraction of sp³-hybridized carbons (Fsp3) is 0.241. The average molecular weight is 423 g/mol. The molecule has 3 nitrogen and oxygen atoms in total. The summed E-state index contributed by atoms with van der Waals surface area (Å²) in [6, 6.07) is 22.8. The van der Waals surface area contributed by atoms with Gasteiger partial charge in [-0.05, 0) is 62.4 Å². The van der Waals surface area contributed by atoms with E-state index in [1.807, 2.05) is 49.4 Å². The van der Waals surface area contributed by atoms with Crippen molar-refractivity contribution in [2.24, 2.45) is 4.99 Å². The van der Waals surface area contributed by atoms with E-state index >= 15 is 0 Å². The minimum absolute atomic E-state index is 0.0948. The second-order valence-corrected chi connectivity index (χ2v) is 8.61. The molecule has 0 atom stereocenters. The molecule has 0 bridgehead atoms. The minimum Gasteiger partial charge on any atom is -0.266 e. The summed E-state index contributed by atoms with van der Waals surface area (Å²) in [7, 11) is 0. The molecule has 1 aliphatic rings. The van der Waals surface area contributed by atoms with Crippen molar-refractivity contribution in [1.82, 2.24) is 0 Å². The molecule has 1 amide bonds. The first kappa shape index (κ1) is 21.8. The second-order valence-electron chi connectivity index (χ2n) is 8.61. The predicted octanol–water partition coefficient (Wildman–Crippen LogP) is 6.79. The zero-order valence-corrected chi connectivity index (χ0v) is 19.4. The summed E-state index contributed by atoms with van der Waals surface area (Å²) in [5, 5.41) is 0. The number of carbonyl (C=O) groups excluding carboxylic acids is 1. The molecule has 1 heterocycles. The fourth-order valence-corrected chi connectivity index (χ4v) is 4.01. The maximum atomic E-state index is 13.5. The highest BCUT2D eigenvalue weighted by Crippen LogP contribution is 2.31. The van der Waals surface area contributed by atoms with Gasteiger partial charge in [0.25, 0.3) is 5.91 Å². The second kappa shape index (κ2) is 9.35. The molecule has 0 spiro atoms. The Morgan fingerprint density at radius 3 is 2.22 bits per heavy atom. The zero-order chi connectivity index (χ0) is 22.7. The number of benzene rings is 3. The van der Waals surface area contributed by atoms with Crippen LogP contribution in [0.1, 0.15) is 53.1 Å². The van der Waals surface area contributed by atoms with Crippen LogP contribution in [0, 0.1) is 20.8 Å². The number of aryl methyl sites for hydroxylation is 4. The molecule has 4 rings (SSSR count). The molecule has 0 N–H and O–H groups in total. The third kappa shape index (κ3) is 4.57. The van der Waals surface area contributed by atoms with Crippen LogP contribution in [-0.2, 0) is 11.2 Å². The molecule has 0 saturated carbocycles. The molecule has 0 aliphatic carbocycles. The van der Waals surface area contributed by atoms with Crippen LogP contribution in [0.15, 0.2) is 77.4 Å². The molecular formula is C29H30N2O. The summed E-state index contributed by atoms with van der Waals surface area (Å²) in [6.07, 6.45) is 5.30. The van der Waals surface area contributed by atoms with Crippen molar-refractivity contribution in [3.8, 4) is 0 Å². The highest BCUT2D eigenvalue weighted by Gasteiger charge is 2.33. The van der Waals surface area contributed by atoms with E-state index < -0.39 is 0 Å². The van der Waals surface area contributed by atoms with Crippen LogP contribution in [0.25, 0.3) is 6.08 Å². The zero-order valence-electron chi connectivity index (χ0n) is 19.4. The van der Waals surface area contributed by atoms with Gasteiger partial charge in [0.2, 0.25) is 0 Å². The molecule has 1 aliphatic heterocycles. The van der Waals surface area contributed by atoms with Gasteiger partial charge < -0.3 is 0 Å². The third-order valence-corrected chi connectivity index (χ3v) is 5.87. The monoisotopic (exact) mass is 422 g/mol. The molecule has 3 aromatic rings. The van der Waals surface area contributed by atoms with Gasteiger partial charge in [0, 0.05) is 5.56 Å². The number of hydrogen-bond acceptors (Lipinski definition) is 2. The lowest BCUT2D eigenvalue weighted by molar-refractivity contribution is -0.113. The molecule has 162 valence electrons. The van der Waals surface area contributed by atoms with Gasteiger partial charge in [0.1, 0.15) is 11.5 Å². The number of nitrogens with zero attached hydrogens (tertiary/aromatic N) is 2. The van der Waals surface area contributed by atoms with Crippen LogP contribution < -0.4 is 4.90 Å². The summed E-state index contributed by atoms with van der Waals surface area (Å²) in [5.74, 6) is 0.588. The van der Waals surface area contributed by atoms with Crippen LogP contribution in [0.5, 0.6) is 0 Å². The number of carbonyl (C=O) groups is 1. The van der Waals surface area contributed by atoms with E-state index in [4.69, 9.17) is 4.99 Å². The first-order valence-corrected chi connectivity index (χ1v) is 11.3. The van der Waals surface area contributed by atoms with Gasteiger partial charge >= 0.3 is 0 Å². The predicted molar refractivity (Wildman–Crippen MR) is 134 cm³/mol. The fourth-order valence-electron chi connectivity index (χ4n) is 4.01. The Morgan fingerprint density at radius 2 is 1.56 bits per heavy atom. The van der Waals surface area contributed by atoms with Crippen LogP contribution in [0.2, 0.25) is 0 Å². The first-order chi connectivity index (χ1) is 15.5. The van der Waals surface area contributed by atoms with Crippen LogP contribution in [0.4, 0.5) is 5.69 Å². The summed E-state index contributed by atoms with van der Waals surface area (Å²) >= 11 is 0. The number of rotatable bonds is 6. The van der Waals surface area contributed by atoms with Crippen molar-refractivity contribution in [2.75, 3.05) is 4.90 Å². The van der Waals surface area contributed by atoms with Gasteiger partial charge in [-0.2, -0.15) is 0 Å². The van der Waals surface area contributed by atoms with E-state index in [-0.39, 0.29) is 5.91 Å². The molecular weight excluding hydrogens is 392 g/mol. The molecule has 3 heteroatoms. The third-order valence-electron chi connectivity index (χ3n) is 5.87. The van der Waals surface area contributed by atoms with E-state index in [0.29, 0.717) is 11.5 Å². The lowest BCUT2D eigenvalue weighted by Crippen LogP contribution is -2.33. The van der Waals surface area contributed by atoms with E-state index in [1.54, 1.807) is 4.90 Å². The van der Waals surface area contributed by atoms with Crippen molar-refractivity contribution >= 4 is 23.5 Å². The quantitative estimate of drug-likeness (QED) is 0.403. The Labute approximate surface area is 191 Å². The number of hydrogen-bond donors (Lipinski definition) is 0. The highest BCUT2D eigenvalue weighted by molar-refractivity contribution is 6.33. The van der Waals surface area contributed by atoms with Gasteiger partial charge in [-0.25, -0.2) is 4.99 Å². The molecule has 0 saturated heterocycles. The Bertz CT molecular complexity index is 1180. The van der Waals surface area contributed by atoms with Gasteiger partial charge in [-0.15, -0.1) is 0 Å². The van der Waals surface area contributed by atoms with E-state index in [0.717, 1.165) is 28.8 Å². The standard InChI is InChI=1S/C29H30N2O/c1-5-6-7-23-13-15-25(16-14-23)28-30-26(19-24-11-8-20(2)9-12-24)29(32)31(28)27-17-10-21(3)18-22(27)4/h8-19H,5-7H2,1-4H3/b26-19-. The maximum absolute atomic E-state index is 13.5. The van der Waals surface area contributed by atoms with Crippen LogP contribution in [-0.4, -0.2) is 11.7 Å². The van der Waals surface area contributed by atoms with Gasteiger partial charge in [-0.1, -0.05) is 85.1 Å². The number of aliphatic imine (C=N–C) groups is 1.